The van der Waals surface area contributed by atoms with Crippen molar-refractivity contribution in [3.05, 3.63) is 33.9 Å². The zero-order chi connectivity index (χ0) is 14.6. The van der Waals surface area contributed by atoms with Crippen molar-refractivity contribution in [2.45, 2.75) is 19.6 Å². The predicted molar refractivity (Wildman–Crippen MR) is 72.0 cm³/mol. The van der Waals surface area contributed by atoms with Crippen molar-refractivity contribution in [2.75, 3.05) is 27.7 Å². The molecule has 0 heterocycles. The number of benzene rings is 1. The number of hydrogen-bond donors (Lipinski definition) is 1. The molecule has 0 aliphatic carbocycles. The molecule has 1 rings (SSSR count). The number of likely N-dealkylation sites (N-methyl/N-ethyl adjacent to an activating group) is 1. The largest absolute Gasteiger partial charge is 0.490 e. The molecule has 0 aliphatic rings. The molecule has 1 atom stereocenters. The second-order valence-corrected chi connectivity index (χ2v) is 5.39. The number of aliphatic hydroxyl groups excluding tert-OH is 1. The quantitative estimate of drug-likeness (QED) is 0.483. The predicted octanol–water partition coefficient (Wildman–Crippen LogP) is 1.56. The van der Waals surface area contributed by atoms with Gasteiger partial charge < -0.3 is 14.3 Å². The van der Waals surface area contributed by atoms with Gasteiger partial charge in [0.2, 0.25) is 0 Å². The number of hydrogen-bond acceptors (Lipinski definition) is 4. The molecule has 0 saturated carbocycles. The van der Waals surface area contributed by atoms with Gasteiger partial charge in [0.25, 0.3) is 0 Å². The van der Waals surface area contributed by atoms with Crippen LogP contribution in [-0.2, 0) is 6.54 Å². The third-order valence-corrected chi connectivity index (χ3v) is 2.81. The summed E-state index contributed by atoms with van der Waals surface area (Å²) in [6.07, 6.45) is -0.414. The molecule has 0 fully saturated rings. The molecule has 1 N–H and O–H groups in total. The smallest absolute Gasteiger partial charge is 0.311 e. The van der Waals surface area contributed by atoms with E-state index in [1.807, 2.05) is 20.2 Å². The van der Waals surface area contributed by atoms with Crippen LogP contribution in [0, 0.1) is 10.1 Å². The molecule has 0 spiro atoms. The minimum atomic E-state index is -0.447. The molecular weight excluding hydrogens is 248 g/mol. The van der Waals surface area contributed by atoms with Gasteiger partial charge in [-0.3, -0.25) is 10.1 Å². The van der Waals surface area contributed by atoms with Crippen molar-refractivity contribution in [2.24, 2.45) is 0 Å². The maximum Gasteiger partial charge on any atom is 0.311 e. The topological polar surface area (TPSA) is 72.6 Å². The first-order valence-electron chi connectivity index (χ1n) is 6.06. The molecular formula is C13H21N2O4+. The van der Waals surface area contributed by atoms with Crippen LogP contribution in [0.1, 0.15) is 12.5 Å². The Bertz CT molecular complexity index is 458. The first-order chi connectivity index (χ1) is 8.75. The van der Waals surface area contributed by atoms with Crippen LogP contribution in [0.25, 0.3) is 0 Å². The summed E-state index contributed by atoms with van der Waals surface area (Å²) in [6, 6.07) is 4.95. The molecule has 19 heavy (non-hydrogen) atoms. The molecule has 0 bridgehead atoms. The van der Waals surface area contributed by atoms with Gasteiger partial charge in [0.1, 0.15) is 19.2 Å². The molecule has 6 heteroatoms. The van der Waals surface area contributed by atoms with Gasteiger partial charge in [0.05, 0.1) is 26.1 Å². The third kappa shape index (κ3) is 4.50. The van der Waals surface area contributed by atoms with Crippen LogP contribution < -0.4 is 4.74 Å². The highest BCUT2D eigenvalue weighted by Gasteiger charge is 2.22. The summed E-state index contributed by atoms with van der Waals surface area (Å²) in [4.78, 5) is 10.5. The van der Waals surface area contributed by atoms with Gasteiger partial charge in [-0.1, -0.05) is 0 Å². The lowest BCUT2D eigenvalue weighted by Gasteiger charge is -2.31. The normalized spacial score (nSPS) is 13.1. The molecule has 0 amide bonds. The fourth-order valence-corrected chi connectivity index (χ4v) is 2.25. The van der Waals surface area contributed by atoms with Gasteiger partial charge in [-0.15, -0.1) is 0 Å². The lowest BCUT2D eigenvalue weighted by molar-refractivity contribution is -0.906. The Morgan fingerprint density at radius 3 is 2.58 bits per heavy atom. The van der Waals surface area contributed by atoms with Crippen molar-refractivity contribution in [3.63, 3.8) is 0 Å². The maximum atomic E-state index is 11.0. The molecule has 0 aliphatic heterocycles. The highest BCUT2D eigenvalue weighted by Crippen LogP contribution is 2.28. The van der Waals surface area contributed by atoms with Crippen LogP contribution in [0.4, 0.5) is 5.69 Å². The maximum absolute atomic E-state index is 11.0. The number of ether oxygens (including phenoxy) is 1. The number of methoxy groups -OCH3 is 1. The average molecular weight is 269 g/mol. The van der Waals surface area contributed by atoms with Crippen molar-refractivity contribution in [1.29, 1.82) is 0 Å². The zero-order valence-corrected chi connectivity index (χ0v) is 11.8. The van der Waals surface area contributed by atoms with E-state index >= 15 is 0 Å². The van der Waals surface area contributed by atoms with Crippen LogP contribution in [0.3, 0.4) is 0 Å². The zero-order valence-electron chi connectivity index (χ0n) is 11.8. The number of nitro benzene ring substituents is 1. The van der Waals surface area contributed by atoms with E-state index in [-0.39, 0.29) is 11.4 Å². The van der Waals surface area contributed by atoms with E-state index < -0.39 is 11.0 Å². The van der Waals surface area contributed by atoms with E-state index in [9.17, 15) is 15.2 Å². The first kappa shape index (κ1) is 15.4. The molecule has 106 valence electrons. The number of quaternary nitrogens is 1. The van der Waals surface area contributed by atoms with Gasteiger partial charge >= 0.3 is 5.69 Å². The molecule has 0 aromatic heterocycles. The summed E-state index contributed by atoms with van der Waals surface area (Å²) in [5, 5.41) is 20.4. The number of nitro groups is 1. The number of rotatable bonds is 6. The third-order valence-electron chi connectivity index (χ3n) is 2.81. The summed E-state index contributed by atoms with van der Waals surface area (Å²) in [7, 11) is 5.36. The molecule has 1 aromatic carbocycles. The summed E-state index contributed by atoms with van der Waals surface area (Å²) in [5.74, 6) is 0.259. The summed E-state index contributed by atoms with van der Waals surface area (Å²) in [6.45, 7) is 2.92. The van der Waals surface area contributed by atoms with E-state index in [1.54, 1.807) is 13.0 Å². The Labute approximate surface area is 113 Å². The molecule has 0 saturated heterocycles. The Morgan fingerprint density at radius 1 is 1.47 bits per heavy atom. The van der Waals surface area contributed by atoms with E-state index in [1.165, 1.54) is 13.2 Å². The van der Waals surface area contributed by atoms with Crippen LogP contribution in [0.2, 0.25) is 0 Å². The Hall–Kier alpha value is -1.66. The van der Waals surface area contributed by atoms with Gasteiger partial charge in [0.15, 0.2) is 5.75 Å². The minimum absolute atomic E-state index is 0.0305. The molecule has 0 radical (unpaired) electrons. The first-order valence-corrected chi connectivity index (χ1v) is 6.06. The molecule has 1 unspecified atom stereocenters. The Balaban J connectivity index is 2.97. The Kier molecular flexibility index (Phi) is 4.85. The fourth-order valence-electron chi connectivity index (χ4n) is 2.25. The van der Waals surface area contributed by atoms with E-state index in [2.05, 4.69) is 0 Å². The van der Waals surface area contributed by atoms with Crippen molar-refractivity contribution >= 4 is 5.69 Å². The van der Waals surface area contributed by atoms with Crippen LogP contribution in [0.5, 0.6) is 5.75 Å². The second-order valence-electron chi connectivity index (χ2n) is 5.39. The average Bonchev–Trinajstić information content (AvgIpc) is 2.26. The lowest BCUT2D eigenvalue weighted by Crippen LogP contribution is -2.43. The highest BCUT2D eigenvalue weighted by molar-refractivity contribution is 5.48. The molecule has 6 nitrogen and oxygen atoms in total. The highest BCUT2D eigenvalue weighted by atomic mass is 16.6. The van der Waals surface area contributed by atoms with E-state index in [0.29, 0.717) is 17.6 Å². The second kappa shape index (κ2) is 5.99. The van der Waals surface area contributed by atoms with Gasteiger partial charge in [-0.05, 0) is 19.1 Å². The standard InChI is InChI=1S/C13H21N2O4/c1-10(16)8-15(2,3)9-11-5-6-13(19-4)12(7-11)14(17)18/h5-7,10,16H,8-9H2,1-4H3/q+1. The monoisotopic (exact) mass is 269 g/mol. The molecule has 1 aromatic rings. The van der Waals surface area contributed by atoms with Gasteiger partial charge in [-0.25, -0.2) is 0 Å². The van der Waals surface area contributed by atoms with Gasteiger partial charge in [-0.2, -0.15) is 0 Å². The van der Waals surface area contributed by atoms with Crippen LogP contribution >= 0.6 is 0 Å². The summed E-state index contributed by atoms with van der Waals surface area (Å²) < 4.78 is 5.53. The van der Waals surface area contributed by atoms with Crippen molar-refractivity contribution in [3.8, 4) is 5.75 Å². The summed E-state index contributed by atoms with van der Waals surface area (Å²) in [5.41, 5.74) is 0.815. The van der Waals surface area contributed by atoms with Crippen molar-refractivity contribution in [1.82, 2.24) is 0 Å². The SMILES string of the molecule is COc1ccc(C[N+](C)(C)CC(C)O)cc1[N+](=O)[O-]. The lowest BCUT2D eigenvalue weighted by atomic mass is 10.1. The van der Waals surface area contributed by atoms with Gasteiger partial charge in [0, 0.05) is 11.6 Å². The van der Waals surface area contributed by atoms with Crippen LogP contribution in [-0.4, -0.2) is 48.4 Å². The Morgan fingerprint density at radius 2 is 2.11 bits per heavy atom. The summed E-state index contributed by atoms with van der Waals surface area (Å²) >= 11 is 0. The van der Waals surface area contributed by atoms with Crippen LogP contribution in [0.15, 0.2) is 18.2 Å². The number of nitrogens with zero attached hydrogens (tertiary/aromatic N) is 2. The van der Waals surface area contributed by atoms with E-state index in [0.717, 1.165) is 5.56 Å². The van der Waals surface area contributed by atoms with E-state index in [4.69, 9.17) is 4.74 Å². The minimum Gasteiger partial charge on any atom is -0.490 e. The number of aliphatic hydroxyl groups is 1. The van der Waals surface area contributed by atoms with Crippen molar-refractivity contribution < 1.29 is 19.2 Å². The fraction of sp³-hybridized carbons (Fsp3) is 0.538.